The molecular formula is C16H21N5O3. The Morgan fingerprint density at radius 2 is 2.25 bits per heavy atom. The Morgan fingerprint density at radius 1 is 1.42 bits per heavy atom. The van der Waals surface area contributed by atoms with Crippen molar-refractivity contribution in [1.29, 1.82) is 0 Å². The number of ether oxygens (including phenoxy) is 1. The molecule has 0 aromatic carbocycles. The van der Waals surface area contributed by atoms with Gasteiger partial charge in [0.1, 0.15) is 0 Å². The highest BCUT2D eigenvalue weighted by atomic mass is 16.5. The number of nitrogens with one attached hydrogen (secondary N) is 1. The van der Waals surface area contributed by atoms with Crippen LogP contribution in [-0.2, 0) is 16.0 Å². The number of carbonyl (C=O) groups is 1. The molecule has 128 valence electrons. The molecule has 0 spiro atoms. The Hall–Kier alpha value is -2.32. The van der Waals surface area contributed by atoms with Crippen LogP contribution in [0.3, 0.4) is 0 Å². The third-order valence-corrected chi connectivity index (χ3v) is 3.94. The fraction of sp³-hybridized carbons (Fsp3) is 0.500. The summed E-state index contributed by atoms with van der Waals surface area (Å²) >= 11 is 0. The van der Waals surface area contributed by atoms with E-state index in [2.05, 4.69) is 25.3 Å². The molecule has 1 fully saturated rings. The number of carbonyl (C=O) groups excluding carboxylic acids is 1. The Kier molecular flexibility index (Phi) is 5.50. The molecule has 1 unspecified atom stereocenters. The van der Waals surface area contributed by atoms with Gasteiger partial charge in [0.15, 0.2) is 5.82 Å². The van der Waals surface area contributed by atoms with Crippen LogP contribution < -0.4 is 5.32 Å². The molecule has 1 N–H and O–H groups in total. The minimum atomic E-state index is -0.127. The lowest BCUT2D eigenvalue weighted by Gasteiger charge is -2.34. The summed E-state index contributed by atoms with van der Waals surface area (Å²) in [6.45, 7) is 5.27. The molecule has 0 bridgehead atoms. The van der Waals surface area contributed by atoms with Gasteiger partial charge in [0.25, 0.3) is 0 Å². The van der Waals surface area contributed by atoms with Crippen LogP contribution in [0.15, 0.2) is 29.0 Å². The Morgan fingerprint density at radius 3 is 2.92 bits per heavy atom. The molecular weight excluding hydrogens is 310 g/mol. The predicted octanol–water partition coefficient (Wildman–Crippen LogP) is 0.505. The minimum Gasteiger partial charge on any atom is -0.379 e. The van der Waals surface area contributed by atoms with Gasteiger partial charge in [-0.1, -0.05) is 11.2 Å². The second kappa shape index (κ2) is 7.98. The second-order valence-electron chi connectivity index (χ2n) is 5.66. The van der Waals surface area contributed by atoms with Crippen molar-refractivity contribution in [1.82, 2.24) is 25.3 Å². The van der Waals surface area contributed by atoms with Crippen LogP contribution in [0.5, 0.6) is 0 Å². The highest BCUT2D eigenvalue weighted by molar-refractivity contribution is 5.77. The average molecular weight is 331 g/mol. The van der Waals surface area contributed by atoms with Crippen molar-refractivity contribution < 1.29 is 14.1 Å². The van der Waals surface area contributed by atoms with E-state index < -0.39 is 0 Å². The first-order valence-electron chi connectivity index (χ1n) is 8.00. The van der Waals surface area contributed by atoms with Crippen molar-refractivity contribution in [3.05, 3.63) is 41.8 Å². The first-order chi connectivity index (χ1) is 11.7. The number of aryl methyl sites for hydroxylation is 1. The van der Waals surface area contributed by atoms with E-state index in [9.17, 15) is 4.79 Å². The zero-order valence-corrected chi connectivity index (χ0v) is 13.6. The fourth-order valence-corrected chi connectivity index (χ4v) is 2.75. The maximum absolute atomic E-state index is 12.1. The third-order valence-electron chi connectivity index (χ3n) is 3.94. The van der Waals surface area contributed by atoms with Gasteiger partial charge in [0, 0.05) is 39.0 Å². The van der Waals surface area contributed by atoms with Gasteiger partial charge in [-0.2, -0.15) is 4.98 Å². The molecule has 3 rings (SSSR count). The van der Waals surface area contributed by atoms with E-state index >= 15 is 0 Å². The number of hydrogen-bond acceptors (Lipinski definition) is 7. The number of pyridine rings is 1. The van der Waals surface area contributed by atoms with Crippen molar-refractivity contribution in [2.45, 2.75) is 19.4 Å². The van der Waals surface area contributed by atoms with Gasteiger partial charge in [0.2, 0.25) is 11.8 Å². The quantitative estimate of drug-likeness (QED) is 0.824. The number of rotatable bonds is 6. The lowest BCUT2D eigenvalue weighted by Crippen LogP contribution is -2.44. The molecule has 8 heteroatoms. The highest BCUT2D eigenvalue weighted by Gasteiger charge is 2.23. The van der Waals surface area contributed by atoms with Gasteiger partial charge >= 0.3 is 0 Å². The van der Waals surface area contributed by atoms with Crippen molar-refractivity contribution in [2.75, 3.05) is 32.8 Å². The van der Waals surface area contributed by atoms with Gasteiger partial charge in [-0.25, -0.2) is 0 Å². The minimum absolute atomic E-state index is 0.0681. The Labute approximate surface area is 140 Å². The molecule has 2 aromatic rings. The van der Waals surface area contributed by atoms with E-state index in [1.165, 1.54) is 0 Å². The van der Waals surface area contributed by atoms with E-state index in [-0.39, 0.29) is 18.4 Å². The topological polar surface area (TPSA) is 93.4 Å². The van der Waals surface area contributed by atoms with Crippen LogP contribution in [0.25, 0.3) is 0 Å². The molecule has 1 saturated heterocycles. The van der Waals surface area contributed by atoms with E-state index in [0.717, 1.165) is 18.7 Å². The zero-order valence-electron chi connectivity index (χ0n) is 13.6. The molecule has 1 aliphatic heterocycles. The zero-order chi connectivity index (χ0) is 16.8. The molecule has 2 aromatic heterocycles. The molecule has 1 amide bonds. The third kappa shape index (κ3) is 4.36. The van der Waals surface area contributed by atoms with Gasteiger partial charge in [-0.15, -0.1) is 0 Å². The molecule has 3 heterocycles. The normalized spacial score (nSPS) is 16.7. The summed E-state index contributed by atoms with van der Waals surface area (Å²) in [6.07, 6.45) is 3.70. The van der Waals surface area contributed by atoms with E-state index in [0.29, 0.717) is 31.5 Å². The van der Waals surface area contributed by atoms with E-state index in [4.69, 9.17) is 9.26 Å². The number of amides is 1. The molecule has 1 aliphatic rings. The summed E-state index contributed by atoms with van der Waals surface area (Å²) in [5, 5.41) is 6.71. The SMILES string of the molecule is Cc1nc(CC(=O)NCC(c2cccnc2)N2CCOCC2)no1. The van der Waals surface area contributed by atoms with Crippen molar-refractivity contribution in [3.8, 4) is 0 Å². The summed E-state index contributed by atoms with van der Waals surface area (Å²) in [5.74, 6) is 0.728. The van der Waals surface area contributed by atoms with Crippen LogP contribution in [0.2, 0.25) is 0 Å². The van der Waals surface area contributed by atoms with Crippen molar-refractivity contribution in [2.24, 2.45) is 0 Å². The van der Waals surface area contributed by atoms with Crippen LogP contribution in [-0.4, -0.2) is 58.8 Å². The van der Waals surface area contributed by atoms with E-state index in [1.54, 1.807) is 13.1 Å². The Balaban J connectivity index is 1.62. The molecule has 0 radical (unpaired) electrons. The van der Waals surface area contributed by atoms with Crippen LogP contribution in [0.1, 0.15) is 23.3 Å². The lowest BCUT2D eigenvalue weighted by atomic mass is 10.1. The summed E-state index contributed by atoms with van der Waals surface area (Å²) < 4.78 is 10.3. The Bertz CT molecular complexity index is 655. The summed E-state index contributed by atoms with van der Waals surface area (Å²) in [5.41, 5.74) is 1.08. The maximum Gasteiger partial charge on any atom is 0.227 e. The molecule has 24 heavy (non-hydrogen) atoms. The van der Waals surface area contributed by atoms with Crippen molar-refractivity contribution in [3.63, 3.8) is 0 Å². The number of nitrogens with zero attached hydrogens (tertiary/aromatic N) is 4. The monoisotopic (exact) mass is 331 g/mol. The van der Waals surface area contributed by atoms with Gasteiger partial charge in [0.05, 0.1) is 25.7 Å². The van der Waals surface area contributed by atoms with Gasteiger partial charge in [-0.3, -0.25) is 14.7 Å². The van der Waals surface area contributed by atoms with Gasteiger partial charge in [-0.05, 0) is 11.6 Å². The highest BCUT2D eigenvalue weighted by Crippen LogP contribution is 2.20. The standard InChI is InChI=1S/C16H21N5O3/c1-12-19-15(20-24-12)9-16(22)18-11-14(13-3-2-4-17-10-13)21-5-7-23-8-6-21/h2-4,10,14H,5-9,11H2,1H3,(H,18,22). The van der Waals surface area contributed by atoms with Crippen LogP contribution in [0, 0.1) is 6.92 Å². The largest absolute Gasteiger partial charge is 0.379 e. The summed E-state index contributed by atoms with van der Waals surface area (Å²) in [7, 11) is 0. The lowest BCUT2D eigenvalue weighted by molar-refractivity contribution is -0.120. The molecule has 8 nitrogen and oxygen atoms in total. The first kappa shape index (κ1) is 16.5. The average Bonchev–Trinajstić information content (AvgIpc) is 3.02. The number of morpholine rings is 1. The molecule has 1 atom stereocenters. The second-order valence-corrected chi connectivity index (χ2v) is 5.66. The fourth-order valence-electron chi connectivity index (χ4n) is 2.75. The molecule has 0 aliphatic carbocycles. The smallest absolute Gasteiger partial charge is 0.227 e. The van der Waals surface area contributed by atoms with Crippen molar-refractivity contribution >= 4 is 5.91 Å². The van der Waals surface area contributed by atoms with Gasteiger partial charge < -0.3 is 14.6 Å². The first-order valence-corrected chi connectivity index (χ1v) is 8.00. The summed E-state index contributed by atoms with van der Waals surface area (Å²) in [6, 6.07) is 4.01. The predicted molar refractivity (Wildman–Crippen MR) is 85.1 cm³/mol. The molecule has 0 saturated carbocycles. The number of hydrogen-bond donors (Lipinski definition) is 1. The maximum atomic E-state index is 12.1. The van der Waals surface area contributed by atoms with E-state index in [1.807, 2.05) is 18.3 Å². The summed E-state index contributed by atoms with van der Waals surface area (Å²) in [4.78, 5) is 22.7. The van der Waals surface area contributed by atoms with Crippen LogP contribution in [0.4, 0.5) is 0 Å². The number of aromatic nitrogens is 3. The van der Waals surface area contributed by atoms with Crippen LogP contribution >= 0.6 is 0 Å².